The van der Waals surface area contributed by atoms with Crippen molar-refractivity contribution in [3.05, 3.63) is 103 Å². The molecule has 0 aromatic heterocycles. The van der Waals surface area contributed by atoms with Gasteiger partial charge >= 0.3 is 56.3 Å². The number of nitrogens with two attached hydrogens (primary N) is 2. The summed E-state index contributed by atoms with van der Waals surface area (Å²) in [6, 6.07) is 25.2. The molecule has 0 heterocycles. The quantitative estimate of drug-likeness (QED) is 0.0252. The van der Waals surface area contributed by atoms with Gasteiger partial charge in [0.1, 0.15) is 0 Å². The van der Waals surface area contributed by atoms with Crippen molar-refractivity contribution in [1.82, 2.24) is 0 Å². The van der Waals surface area contributed by atoms with Gasteiger partial charge in [0.15, 0.2) is 0 Å². The molecule has 0 saturated carbocycles. The van der Waals surface area contributed by atoms with Crippen molar-refractivity contribution in [2.24, 2.45) is 47.2 Å². The fraction of sp³-hybridized carbons (Fsp3) is 0.0645. The molecule has 18 nitrogen and oxygen atoms in total. The van der Waals surface area contributed by atoms with Crippen LogP contribution >= 0.6 is 0 Å². The van der Waals surface area contributed by atoms with Gasteiger partial charge in [-0.3, -0.25) is 0 Å². The van der Waals surface area contributed by atoms with E-state index in [1.807, 2.05) is 60.7 Å². The third kappa shape index (κ3) is 18.5. The number of ether oxygens (including phenoxy) is 2. The second-order valence-corrected chi connectivity index (χ2v) is 10.6. The van der Waals surface area contributed by atoms with E-state index in [0.717, 1.165) is 11.4 Å². The van der Waals surface area contributed by atoms with Crippen LogP contribution < -0.4 is 20.9 Å². The Labute approximate surface area is 331 Å². The molecule has 0 atom stereocenters. The van der Waals surface area contributed by atoms with E-state index in [1.165, 1.54) is 31.3 Å². The number of methoxy groups -OCH3 is 2. The van der Waals surface area contributed by atoms with Crippen molar-refractivity contribution in [3.63, 3.8) is 0 Å². The van der Waals surface area contributed by atoms with E-state index < -0.39 is 37.0 Å². The van der Waals surface area contributed by atoms with Gasteiger partial charge in [-0.2, -0.15) is 30.7 Å². The van der Waals surface area contributed by atoms with Crippen LogP contribution in [0.15, 0.2) is 121 Å². The number of benzene rings is 4. The van der Waals surface area contributed by atoms with Crippen LogP contribution in [0.1, 0.15) is 11.1 Å². The molecule has 0 aliphatic heterocycles. The molecule has 0 fully saturated rings. The summed E-state index contributed by atoms with van der Waals surface area (Å²) in [6.07, 6.45) is 2.87. The second-order valence-electron chi connectivity index (χ2n) is 9.12. The first kappa shape index (κ1) is 45.5. The normalized spacial score (nSPS) is 11.4. The van der Waals surface area contributed by atoms with Crippen LogP contribution in [0.3, 0.4) is 0 Å². The summed E-state index contributed by atoms with van der Waals surface area (Å²) in [5.74, 6) is 1.04. The fourth-order valence-electron chi connectivity index (χ4n) is 3.57. The average molecular weight is 929 g/mol. The summed E-state index contributed by atoms with van der Waals surface area (Å²) in [7, 11) is 6.62. The summed E-state index contributed by atoms with van der Waals surface area (Å²) < 4.78 is 45.6. The zero-order chi connectivity index (χ0) is 39.6. The molecule has 4 aromatic carbocycles. The maximum atomic E-state index is 8.50. The Hall–Kier alpha value is -5.55. The Morgan fingerprint density at radius 2 is 1.09 bits per heavy atom. The minimum atomic E-state index is -2.03. The van der Waals surface area contributed by atoms with E-state index in [2.05, 4.69) is 55.4 Å². The predicted molar refractivity (Wildman–Crippen MR) is 192 cm³/mol. The van der Waals surface area contributed by atoms with Gasteiger partial charge in [0.2, 0.25) is 11.5 Å². The van der Waals surface area contributed by atoms with Crippen LogP contribution in [0.4, 0.5) is 22.7 Å². The number of rotatable bonds is 10. The molecule has 0 saturated heterocycles. The molecule has 0 radical (unpaired) electrons. The summed E-state index contributed by atoms with van der Waals surface area (Å²) in [6.45, 7) is 0. The maximum absolute atomic E-state index is 8.50. The van der Waals surface area contributed by atoms with Gasteiger partial charge in [0.25, 0.3) is 5.75 Å². The molecule has 8 N–H and O–H groups in total. The Bertz CT molecular complexity index is 2020. The molecule has 0 aliphatic carbocycles. The topological polar surface area (TPSA) is 274 Å². The molecule has 0 unspecified atom stereocenters. The third-order valence-corrected chi connectivity index (χ3v) is 5.78. The number of azo groups is 2. The van der Waals surface area contributed by atoms with E-state index in [-0.39, 0.29) is 21.8 Å². The fourth-order valence-corrected chi connectivity index (χ4v) is 3.72. The minimum absolute atomic E-state index is 0.0559. The zero-order valence-corrected chi connectivity index (χ0v) is 33.4. The zero-order valence-electron chi connectivity index (χ0n) is 27.8. The van der Waals surface area contributed by atoms with E-state index >= 15 is 0 Å². The number of hydrogen-bond acceptors (Lipinski definition) is 15. The van der Waals surface area contributed by atoms with Crippen molar-refractivity contribution in [1.29, 1.82) is 0 Å². The van der Waals surface area contributed by atoms with Crippen LogP contribution in [0.25, 0.3) is 0 Å². The number of amidine groups is 2. The van der Waals surface area contributed by atoms with Crippen molar-refractivity contribution >= 4 is 70.8 Å². The van der Waals surface area contributed by atoms with Crippen LogP contribution in [0.2, 0.25) is 0 Å². The molecule has 4 aromatic rings. The first-order valence-electron chi connectivity index (χ1n) is 14.1. The average Bonchev–Trinajstić information content (AvgIpc) is 3.13. The van der Waals surface area contributed by atoms with Gasteiger partial charge in [-0.1, -0.05) is 36.4 Å². The molecule has 22 heteroatoms. The van der Waals surface area contributed by atoms with Gasteiger partial charge < -0.3 is 56.4 Å². The molecule has 0 bridgehead atoms. The predicted octanol–water partition coefficient (Wildman–Crippen LogP) is 4.81. The third-order valence-electron chi connectivity index (χ3n) is 5.62. The van der Waals surface area contributed by atoms with Gasteiger partial charge in [-0.25, -0.2) is 4.68 Å². The van der Waals surface area contributed by atoms with E-state index in [0.29, 0.717) is 34.0 Å². The summed E-state index contributed by atoms with van der Waals surface area (Å²) >= 11 is 5.24. The summed E-state index contributed by atoms with van der Waals surface area (Å²) in [4.78, 5) is 0. The van der Waals surface area contributed by atoms with Crippen molar-refractivity contribution < 1.29 is 74.9 Å². The Morgan fingerprint density at radius 3 is 1.49 bits per heavy atom. The van der Waals surface area contributed by atoms with Crippen molar-refractivity contribution in [3.8, 4) is 23.0 Å². The second kappa shape index (κ2) is 26.3. The molecular formula is C31H32Mo2N10O8S2. The van der Waals surface area contributed by atoms with Gasteiger partial charge in [0, 0.05) is 24.3 Å². The SMILES string of the molecule is COc1cc(N=Nc2ccccc2)cc(/C=N/N=C(/N)[S-])c1[OH2+].[CH2-][N+](=C\c1cc(N=Nc2ccccc2)cc(OC)c1[OH2+])/N=C(/N)[S-].[O]=[Mo]=[O].[O]=[Mo]=[O]. The molecule has 53 heavy (non-hydrogen) atoms. The first-order valence-corrected chi connectivity index (χ1v) is 18.2. The number of hydrazone groups is 1. The standard InChI is InChI=1S/C16H17N5O2S.C15H15N5O2S.2Mo.4O/c1-21(20-16(17)24)10-11-8-13(9-14(23-2)15(11)22)19-18-12-6-4-3-5-7-12;1-22-13-8-12(19-18-11-5-3-2-4-6-11)7-10(14(13)21)9-17-20-15(16)23;;;;;;/h3-10,22H,1H2,2H3,(H3,17,20,24);2-9,21H,1H3,(H3,16,20,23);;;;;;/b;17-9+,19-18?;;;;;;. The number of hydrogen-bond donors (Lipinski definition) is 2. The molecule has 0 spiro atoms. The van der Waals surface area contributed by atoms with E-state index in [1.54, 1.807) is 24.3 Å². The molecule has 4 rings (SSSR count). The van der Waals surface area contributed by atoms with Crippen molar-refractivity contribution in [2.45, 2.75) is 0 Å². The van der Waals surface area contributed by atoms with Crippen LogP contribution in [0, 0.1) is 7.05 Å². The molecule has 278 valence electrons. The van der Waals surface area contributed by atoms with Gasteiger partial charge in [0.05, 0.1) is 60.5 Å². The Balaban J connectivity index is 0.000000462. The van der Waals surface area contributed by atoms with Gasteiger partial charge in [-0.05, 0) is 46.7 Å². The van der Waals surface area contributed by atoms with Gasteiger partial charge in [-0.15, -0.1) is 0 Å². The summed E-state index contributed by atoms with van der Waals surface area (Å²) in [5.41, 5.74) is 14.0. The van der Waals surface area contributed by atoms with Crippen molar-refractivity contribution in [2.75, 3.05) is 14.2 Å². The Morgan fingerprint density at radius 1 is 0.698 bits per heavy atom. The van der Waals surface area contributed by atoms with Crippen LogP contribution in [-0.4, -0.2) is 51.9 Å². The van der Waals surface area contributed by atoms with E-state index in [9.17, 15) is 0 Å². The molecule has 0 amide bonds. The van der Waals surface area contributed by atoms with Crippen LogP contribution in [-0.2, 0) is 75.8 Å². The van der Waals surface area contributed by atoms with Crippen LogP contribution in [0.5, 0.6) is 23.0 Å². The Kier molecular flexibility index (Phi) is 22.5. The molecule has 0 aliphatic rings. The number of nitrogens with zero attached hydrogens (tertiary/aromatic N) is 8. The monoisotopic (exact) mass is 932 g/mol. The van der Waals surface area contributed by atoms with E-state index in [4.69, 9.17) is 57.4 Å². The molecular weight excluding hydrogens is 896 g/mol. The summed E-state index contributed by atoms with van der Waals surface area (Å²) in [5, 5.41) is 43.7. The first-order chi connectivity index (χ1) is 25.4.